The molecule has 1 aromatic carbocycles. The van der Waals surface area contributed by atoms with E-state index < -0.39 is 0 Å². The first kappa shape index (κ1) is 12.9. The van der Waals surface area contributed by atoms with Gasteiger partial charge in [-0.1, -0.05) is 12.1 Å². The minimum atomic E-state index is -0.227. The predicted octanol–water partition coefficient (Wildman–Crippen LogP) is 1.86. The fraction of sp³-hybridized carbons (Fsp3) is 0.500. The molecule has 4 heteroatoms. The van der Waals surface area contributed by atoms with Crippen LogP contribution in [0, 0.1) is 12.8 Å². The van der Waals surface area contributed by atoms with Crippen LogP contribution in [0.1, 0.15) is 29.3 Å². The second-order valence-electron chi connectivity index (χ2n) is 4.81. The highest BCUT2D eigenvalue weighted by Gasteiger charge is 2.24. The number of aromatic hydroxyl groups is 1. The van der Waals surface area contributed by atoms with E-state index in [9.17, 15) is 9.90 Å². The standard InChI is InChI=1S/C14H19NO3/c1-9-4-3-5-12(13(9)16)14(17)15-8-11-6-7-18-10(11)2/h3-5,10-11,16H,6-8H2,1-2H3,(H,15,17). The van der Waals surface area contributed by atoms with Gasteiger partial charge in [-0.15, -0.1) is 0 Å². The number of phenolic OH excluding ortho intramolecular Hbond substituents is 1. The van der Waals surface area contributed by atoms with Crippen molar-refractivity contribution in [2.75, 3.05) is 13.2 Å². The van der Waals surface area contributed by atoms with Crippen LogP contribution >= 0.6 is 0 Å². The molecule has 1 amide bonds. The Labute approximate surface area is 107 Å². The van der Waals surface area contributed by atoms with Gasteiger partial charge in [-0.25, -0.2) is 0 Å². The number of para-hydroxylation sites is 1. The van der Waals surface area contributed by atoms with E-state index in [-0.39, 0.29) is 17.8 Å². The van der Waals surface area contributed by atoms with E-state index >= 15 is 0 Å². The number of carbonyl (C=O) groups excluding carboxylic acids is 1. The van der Waals surface area contributed by atoms with E-state index in [1.807, 2.05) is 6.92 Å². The molecule has 1 aliphatic heterocycles. The fourth-order valence-electron chi connectivity index (χ4n) is 2.21. The number of phenols is 1. The summed E-state index contributed by atoms with van der Waals surface area (Å²) in [6.07, 6.45) is 1.16. The Morgan fingerprint density at radius 2 is 2.33 bits per heavy atom. The SMILES string of the molecule is Cc1cccc(C(=O)NCC2CCOC2C)c1O. The van der Waals surface area contributed by atoms with Crippen molar-refractivity contribution in [3.8, 4) is 5.75 Å². The molecule has 4 nitrogen and oxygen atoms in total. The van der Waals surface area contributed by atoms with Crippen LogP contribution in [0.2, 0.25) is 0 Å². The Kier molecular flexibility index (Phi) is 3.87. The molecular weight excluding hydrogens is 230 g/mol. The van der Waals surface area contributed by atoms with Crippen molar-refractivity contribution in [3.63, 3.8) is 0 Å². The number of nitrogens with one attached hydrogen (secondary N) is 1. The molecule has 1 heterocycles. The zero-order valence-electron chi connectivity index (χ0n) is 10.8. The third-order valence-corrected chi connectivity index (χ3v) is 3.54. The summed E-state index contributed by atoms with van der Waals surface area (Å²) in [6.45, 7) is 5.15. The third-order valence-electron chi connectivity index (χ3n) is 3.54. The van der Waals surface area contributed by atoms with Crippen LogP contribution in [0.3, 0.4) is 0 Å². The van der Waals surface area contributed by atoms with Crippen LogP contribution in [0.25, 0.3) is 0 Å². The molecule has 18 heavy (non-hydrogen) atoms. The normalized spacial score (nSPS) is 23.0. The summed E-state index contributed by atoms with van der Waals surface area (Å²) in [4.78, 5) is 12.0. The molecule has 1 aliphatic rings. The van der Waals surface area contributed by atoms with Crippen LogP contribution in [-0.4, -0.2) is 30.3 Å². The van der Waals surface area contributed by atoms with E-state index in [4.69, 9.17) is 4.74 Å². The number of carbonyl (C=O) groups is 1. The molecule has 1 saturated heterocycles. The van der Waals surface area contributed by atoms with Gasteiger partial charge in [-0.3, -0.25) is 4.79 Å². The Balaban J connectivity index is 1.97. The van der Waals surface area contributed by atoms with Gasteiger partial charge in [0.25, 0.3) is 5.91 Å². The van der Waals surface area contributed by atoms with Crippen molar-refractivity contribution < 1.29 is 14.6 Å². The van der Waals surface area contributed by atoms with Crippen LogP contribution in [0.5, 0.6) is 5.75 Å². The van der Waals surface area contributed by atoms with Crippen molar-refractivity contribution in [2.24, 2.45) is 5.92 Å². The maximum absolute atomic E-state index is 12.0. The molecule has 0 spiro atoms. The van der Waals surface area contributed by atoms with Gasteiger partial charge in [0, 0.05) is 19.1 Å². The van der Waals surface area contributed by atoms with E-state index in [1.54, 1.807) is 25.1 Å². The molecule has 0 aliphatic carbocycles. The maximum Gasteiger partial charge on any atom is 0.255 e. The van der Waals surface area contributed by atoms with Gasteiger partial charge in [0.05, 0.1) is 11.7 Å². The minimum Gasteiger partial charge on any atom is -0.507 e. The molecule has 98 valence electrons. The number of hydrogen-bond donors (Lipinski definition) is 2. The second-order valence-corrected chi connectivity index (χ2v) is 4.81. The summed E-state index contributed by atoms with van der Waals surface area (Å²) in [5.74, 6) is 0.196. The summed E-state index contributed by atoms with van der Waals surface area (Å²) in [7, 11) is 0. The summed E-state index contributed by atoms with van der Waals surface area (Å²) >= 11 is 0. The summed E-state index contributed by atoms with van der Waals surface area (Å²) in [6, 6.07) is 5.18. The molecule has 1 fully saturated rings. The first-order valence-corrected chi connectivity index (χ1v) is 6.28. The number of aryl methyl sites for hydroxylation is 1. The van der Waals surface area contributed by atoms with Crippen molar-refractivity contribution in [3.05, 3.63) is 29.3 Å². The third kappa shape index (κ3) is 2.64. The van der Waals surface area contributed by atoms with Crippen molar-refractivity contribution >= 4 is 5.91 Å². The largest absolute Gasteiger partial charge is 0.507 e. The lowest BCUT2D eigenvalue weighted by molar-refractivity contribution is 0.0905. The van der Waals surface area contributed by atoms with Gasteiger partial charge in [0.1, 0.15) is 5.75 Å². The van der Waals surface area contributed by atoms with E-state index in [0.717, 1.165) is 13.0 Å². The van der Waals surface area contributed by atoms with Gasteiger partial charge >= 0.3 is 0 Å². The second kappa shape index (κ2) is 5.40. The average Bonchev–Trinajstić information content (AvgIpc) is 2.75. The molecule has 0 saturated carbocycles. The maximum atomic E-state index is 12.0. The van der Waals surface area contributed by atoms with Crippen molar-refractivity contribution in [1.29, 1.82) is 0 Å². The van der Waals surface area contributed by atoms with Crippen molar-refractivity contribution in [1.82, 2.24) is 5.32 Å². The van der Waals surface area contributed by atoms with E-state index in [1.165, 1.54) is 0 Å². The topological polar surface area (TPSA) is 58.6 Å². The summed E-state index contributed by atoms with van der Waals surface area (Å²) in [5.41, 5.74) is 1.04. The minimum absolute atomic E-state index is 0.0609. The lowest BCUT2D eigenvalue weighted by Gasteiger charge is -2.15. The lowest BCUT2D eigenvalue weighted by Crippen LogP contribution is -2.32. The van der Waals surface area contributed by atoms with Crippen LogP contribution in [0.15, 0.2) is 18.2 Å². The van der Waals surface area contributed by atoms with E-state index in [2.05, 4.69) is 5.32 Å². The molecule has 0 radical (unpaired) electrons. The highest BCUT2D eigenvalue weighted by atomic mass is 16.5. The molecule has 1 aromatic rings. The zero-order valence-corrected chi connectivity index (χ0v) is 10.8. The van der Waals surface area contributed by atoms with Crippen LogP contribution in [0.4, 0.5) is 0 Å². The van der Waals surface area contributed by atoms with Gasteiger partial charge < -0.3 is 15.2 Å². The fourth-order valence-corrected chi connectivity index (χ4v) is 2.21. The summed E-state index contributed by atoms with van der Waals surface area (Å²) < 4.78 is 5.45. The van der Waals surface area contributed by atoms with Gasteiger partial charge in [0.15, 0.2) is 0 Å². The Morgan fingerprint density at radius 3 is 3.00 bits per heavy atom. The van der Waals surface area contributed by atoms with Gasteiger partial charge in [0.2, 0.25) is 0 Å². The van der Waals surface area contributed by atoms with Gasteiger partial charge in [-0.05, 0) is 31.9 Å². The molecule has 2 N–H and O–H groups in total. The predicted molar refractivity (Wildman–Crippen MR) is 68.7 cm³/mol. The zero-order chi connectivity index (χ0) is 13.1. The number of ether oxygens (including phenoxy) is 1. The monoisotopic (exact) mass is 249 g/mol. The first-order chi connectivity index (χ1) is 8.59. The van der Waals surface area contributed by atoms with E-state index in [0.29, 0.717) is 23.6 Å². The van der Waals surface area contributed by atoms with Gasteiger partial charge in [-0.2, -0.15) is 0 Å². The molecule has 0 aromatic heterocycles. The molecule has 0 bridgehead atoms. The highest BCUT2D eigenvalue weighted by Crippen LogP contribution is 2.22. The molecule has 2 atom stereocenters. The van der Waals surface area contributed by atoms with Crippen LogP contribution < -0.4 is 5.32 Å². The molecule has 2 unspecified atom stereocenters. The smallest absolute Gasteiger partial charge is 0.255 e. The number of amides is 1. The molecule has 2 rings (SSSR count). The lowest BCUT2D eigenvalue weighted by atomic mass is 10.0. The quantitative estimate of drug-likeness (QED) is 0.859. The number of hydrogen-bond acceptors (Lipinski definition) is 3. The van der Waals surface area contributed by atoms with Crippen LogP contribution in [-0.2, 0) is 4.74 Å². The highest BCUT2D eigenvalue weighted by molar-refractivity contribution is 5.97. The molecular formula is C14H19NO3. The number of rotatable bonds is 3. The summed E-state index contributed by atoms with van der Waals surface area (Å²) in [5, 5.41) is 12.7. The first-order valence-electron chi connectivity index (χ1n) is 6.28. The average molecular weight is 249 g/mol. The Morgan fingerprint density at radius 1 is 1.56 bits per heavy atom. The van der Waals surface area contributed by atoms with Crippen molar-refractivity contribution in [2.45, 2.75) is 26.4 Å². The Bertz CT molecular complexity index is 445. The number of benzene rings is 1. The Hall–Kier alpha value is -1.55.